The Hall–Kier alpha value is -1.75. The van der Waals surface area contributed by atoms with Crippen molar-refractivity contribution in [1.82, 2.24) is 5.32 Å². The van der Waals surface area contributed by atoms with Crippen LogP contribution in [0.4, 0.5) is 0 Å². The number of halogens is 2. The normalized spacial score (nSPS) is 12.2. The van der Waals surface area contributed by atoms with E-state index in [2.05, 4.69) is 5.32 Å². The average molecular weight is 396 g/mol. The fourth-order valence-electron chi connectivity index (χ4n) is 2.48. The molecule has 0 bridgehead atoms. The summed E-state index contributed by atoms with van der Waals surface area (Å²) in [4.78, 5) is 11.3. The van der Waals surface area contributed by atoms with Crippen LogP contribution in [-0.4, -0.2) is 17.1 Å². The zero-order valence-corrected chi connectivity index (χ0v) is 16.3. The number of rotatable bonds is 9. The summed E-state index contributed by atoms with van der Waals surface area (Å²) in [6.07, 6.45) is 0.597. The lowest BCUT2D eigenvalue weighted by molar-refractivity contribution is -0.140. The topological polar surface area (TPSA) is 58.6 Å². The first kappa shape index (κ1) is 20.6. The van der Waals surface area contributed by atoms with Crippen molar-refractivity contribution in [3.8, 4) is 5.75 Å². The highest BCUT2D eigenvalue weighted by Gasteiger charge is 2.17. The van der Waals surface area contributed by atoms with E-state index in [4.69, 9.17) is 27.9 Å². The fraction of sp³-hybridized carbons (Fsp3) is 0.350. The second-order valence-electron chi connectivity index (χ2n) is 6.58. The van der Waals surface area contributed by atoms with Crippen LogP contribution < -0.4 is 10.1 Å². The highest BCUT2D eigenvalue weighted by Crippen LogP contribution is 2.23. The van der Waals surface area contributed by atoms with E-state index < -0.39 is 12.0 Å². The minimum absolute atomic E-state index is 0.320. The molecular formula is C20H23Cl2NO3. The second kappa shape index (κ2) is 9.81. The van der Waals surface area contributed by atoms with Gasteiger partial charge < -0.3 is 15.2 Å². The highest BCUT2D eigenvalue weighted by molar-refractivity contribution is 6.42. The molecule has 0 aromatic heterocycles. The fourth-order valence-corrected chi connectivity index (χ4v) is 2.80. The quantitative estimate of drug-likeness (QED) is 0.615. The van der Waals surface area contributed by atoms with Gasteiger partial charge in [-0.3, -0.25) is 4.79 Å². The van der Waals surface area contributed by atoms with Gasteiger partial charge in [0.25, 0.3) is 0 Å². The van der Waals surface area contributed by atoms with Crippen LogP contribution in [0.3, 0.4) is 0 Å². The van der Waals surface area contributed by atoms with E-state index in [1.807, 2.05) is 44.2 Å². The van der Waals surface area contributed by atoms with Crippen LogP contribution in [0.25, 0.3) is 0 Å². The largest absolute Gasteiger partial charge is 0.489 e. The van der Waals surface area contributed by atoms with E-state index in [1.165, 1.54) is 0 Å². The summed E-state index contributed by atoms with van der Waals surface area (Å²) in [6, 6.07) is 12.4. The van der Waals surface area contributed by atoms with E-state index in [1.54, 1.807) is 12.1 Å². The molecule has 0 aliphatic carbocycles. The van der Waals surface area contributed by atoms with Gasteiger partial charge in [0, 0.05) is 6.54 Å². The Kier molecular flexibility index (Phi) is 7.76. The predicted octanol–water partition coefficient (Wildman–Crippen LogP) is 5.16. The Bertz CT molecular complexity index is 732. The van der Waals surface area contributed by atoms with Gasteiger partial charge in [0.05, 0.1) is 10.0 Å². The van der Waals surface area contributed by atoms with Crippen molar-refractivity contribution in [1.29, 1.82) is 0 Å². The van der Waals surface area contributed by atoms with Gasteiger partial charge in [-0.1, -0.05) is 55.2 Å². The smallest absolute Gasteiger partial charge is 0.320 e. The molecule has 0 amide bonds. The van der Waals surface area contributed by atoms with E-state index in [0.29, 0.717) is 35.5 Å². The number of ether oxygens (including phenoxy) is 1. The van der Waals surface area contributed by atoms with E-state index in [9.17, 15) is 9.90 Å². The van der Waals surface area contributed by atoms with Crippen LogP contribution in [0.5, 0.6) is 5.75 Å². The molecular weight excluding hydrogens is 373 g/mol. The molecule has 4 nitrogen and oxygen atoms in total. The maximum Gasteiger partial charge on any atom is 0.320 e. The van der Waals surface area contributed by atoms with Gasteiger partial charge in [-0.2, -0.15) is 0 Å². The number of benzene rings is 2. The lowest BCUT2D eigenvalue weighted by atomic mass is 10.0. The first-order chi connectivity index (χ1) is 12.3. The van der Waals surface area contributed by atoms with Crippen molar-refractivity contribution in [2.24, 2.45) is 5.92 Å². The molecule has 26 heavy (non-hydrogen) atoms. The molecule has 2 aromatic carbocycles. The molecule has 140 valence electrons. The maximum absolute atomic E-state index is 11.3. The van der Waals surface area contributed by atoms with Crippen molar-refractivity contribution < 1.29 is 14.6 Å². The van der Waals surface area contributed by atoms with Crippen molar-refractivity contribution in [2.75, 3.05) is 0 Å². The maximum atomic E-state index is 11.3. The Morgan fingerprint density at radius 2 is 1.73 bits per heavy atom. The molecule has 0 spiro atoms. The number of hydrogen-bond acceptors (Lipinski definition) is 3. The zero-order chi connectivity index (χ0) is 19.1. The Balaban J connectivity index is 1.87. The summed E-state index contributed by atoms with van der Waals surface area (Å²) in [6.45, 7) is 4.91. The standard InChI is InChI=1S/C20H23Cl2NO3/c1-13(2)9-19(20(24)25)23-11-14-3-6-16(7-4-14)26-12-15-5-8-17(21)18(22)10-15/h3-8,10,13,19,23H,9,11-12H2,1-2H3,(H,24,25). The lowest BCUT2D eigenvalue weighted by Crippen LogP contribution is -2.37. The van der Waals surface area contributed by atoms with E-state index >= 15 is 0 Å². The average Bonchev–Trinajstić information content (AvgIpc) is 2.60. The van der Waals surface area contributed by atoms with Gasteiger partial charge in [-0.25, -0.2) is 0 Å². The molecule has 0 heterocycles. The van der Waals surface area contributed by atoms with Gasteiger partial charge >= 0.3 is 5.97 Å². The molecule has 0 aliphatic rings. The summed E-state index contributed by atoms with van der Waals surface area (Å²) in [5.74, 6) is 0.234. The number of aliphatic carboxylic acids is 1. The molecule has 6 heteroatoms. The summed E-state index contributed by atoms with van der Waals surface area (Å²) in [7, 11) is 0. The van der Waals surface area contributed by atoms with Crippen molar-refractivity contribution in [3.63, 3.8) is 0 Å². The van der Waals surface area contributed by atoms with Crippen LogP contribution in [-0.2, 0) is 17.9 Å². The van der Waals surface area contributed by atoms with Crippen molar-refractivity contribution in [3.05, 3.63) is 63.6 Å². The minimum Gasteiger partial charge on any atom is -0.489 e. The van der Waals surface area contributed by atoms with E-state index in [-0.39, 0.29) is 0 Å². The first-order valence-corrected chi connectivity index (χ1v) is 9.22. The highest BCUT2D eigenvalue weighted by atomic mass is 35.5. The third-order valence-corrected chi connectivity index (χ3v) is 4.61. The molecule has 0 fully saturated rings. The second-order valence-corrected chi connectivity index (χ2v) is 7.40. The van der Waals surface area contributed by atoms with Crippen LogP contribution in [0.1, 0.15) is 31.4 Å². The number of hydrogen-bond donors (Lipinski definition) is 2. The Labute approximate surface area is 164 Å². The molecule has 1 unspecified atom stereocenters. The Morgan fingerprint density at radius 1 is 1.08 bits per heavy atom. The predicted molar refractivity (Wildman–Crippen MR) is 105 cm³/mol. The lowest BCUT2D eigenvalue weighted by Gasteiger charge is -2.16. The third-order valence-electron chi connectivity index (χ3n) is 3.87. The molecule has 0 radical (unpaired) electrons. The molecule has 0 aliphatic heterocycles. The van der Waals surface area contributed by atoms with Gasteiger partial charge in [0.2, 0.25) is 0 Å². The molecule has 1 atom stereocenters. The van der Waals surface area contributed by atoms with Crippen molar-refractivity contribution in [2.45, 2.75) is 39.5 Å². The molecule has 2 rings (SSSR count). The third kappa shape index (κ3) is 6.52. The van der Waals surface area contributed by atoms with Crippen LogP contribution >= 0.6 is 23.2 Å². The summed E-state index contributed by atoms with van der Waals surface area (Å²) < 4.78 is 5.74. The van der Waals surface area contributed by atoms with Crippen LogP contribution in [0.2, 0.25) is 10.0 Å². The minimum atomic E-state index is -0.819. The number of carboxylic acid groups (broad SMARTS) is 1. The molecule has 0 saturated carbocycles. The zero-order valence-electron chi connectivity index (χ0n) is 14.8. The summed E-state index contributed by atoms with van der Waals surface area (Å²) in [5, 5.41) is 13.4. The number of carbonyl (C=O) groups is 1. The number of nitrogens with one attached hydrogen (secondary N) is 1. The van der Waals surface area contributed by atoms with Gasteiger partial charge in [0.1, 0.15) is 18.4 Å². The molecule has 2 N–H and O–H groups in total. The van der Waals surface area contributed by atoms with Gasteiger partial charge in [0.15, 0.2) is 0 Å². The number of carboxylic acids is 1. The SMILES string of the molecule is CC(C)CC(NCc1ccc(OCc2ccc(Cl)c(Cl)c2)cc1)C(=O)O. The van der Waals surface area contributed by atoms with Crippen LogP contribution in [0.15, 0.2) is 42.5 Å². The summed E-state index contributed by atoms with van der Waals surface area (Å²) >= 11 is 11.9. The molecule has 0 saturated heterocycles. The van der Waals surface area contributed by atoms with Gasteiger partial charge in [-0.15, -0.1) is 0 Å². The molecule has 2 aromatic rings. The summed E-state index contributed by atoms with van der Waals surface area (Å²) in [5.41, 5.74) is 1.94. The van der Waals surface area contributed by atoms with Crippen molar-refractivity contribution >= 4 is 29.2 Å². The van der Waals surface area contributed by atoms with E-state index in [0.717, 1.165) is 16.9 Å². The van der Waals surface area contributed by atoms with Gasteiger partial charge in [-0.05, 0) is 47.7 Å². The first-order valence-electron chi connectivity index (χ1n) is 8.47. The van der Waals surface area contributed by atoms with Crippen LogP contribution in [0, 0.1) is 5.92 Å². The monoisotopic (exact) mass is 395 g/mol. The Morgan fingerprint density at radius 3 is 2.31 bits per heavy atom.